The average molecular weight is 214 g/mol. The Hall–Kier alpha value is -0.810. The quantitative estimate of drug-likeness (QED) is 0.522. The molecule has 1 fully saturated rings. The minimum atomic E-state index is 0.0518. The minimum absolute atomic E-state index is 0.0518. The third-order valence-electron chi connectivity index (χ3n) is 2.95. The fraction of sp³-hybridized carbons (Fsp3) is 0.900. The number of nitrogens with zero attached hydrogens (tertiary/aromatic N) is 2. The molecule has 1 heterocycles. The Bertz CT molecular complexity index is 236. The van der Waals surface area contributed by atoms with E-state index in [0.717, 1.165) is 13.1 Å². The summed E-state index contributed by atoms with van der Waals surface area (Å²) in [7, 11) is 1.82. The van der Waals surface area contributed by atoms with Gasteiger partial charge >= 0.3 is 6.03 Å². The summed E-state index contributed by atoms with van der Waals surface area (Å²) in [4.78, 5) is 15.2. The van der Waals surface area contributed by atoms with Crippen LogP contribution in [-0.2, 0) is 0 Å². The van der Waals surface area contributed by atoms with Crippen LogP contribution in [-0.4, -0.2) is 48.6 Å². The lowest BCUT2D eigenvalue weighted by Crippen LogP contribution is -2.52. The number of carbonyl (C=O) groups is 1. The summed E-state index contributed by atoms with van der Waals surface area (Å²) in [5.41, 5.74) is 2.84. The monoisotopic (exact) mass is 214 g/mol. The molecule has 0 aromatic carbocycles. The van der Waals surface area contributed by atoms with Crippen LogP contribution < -0.4 is 11.3 Å². The Morgan fingerprint density at radius 1 is 1.47 bits per heavy atom. The van der Waals surface area contributed by atoms with E-state index in [0.29, 0.717) is 6.54 Å². The number of nitrogens with two attached hydrogens (primary N) is 1. The molecule has 3 N–H and O–H groups in total. The zero-order chi connectivity index (χ0) is 11.6. The van der Waals surface area contributed by atoms with Gasteiger partial charge in [-0.2, -0.15) is 0 Å². The fourth-order valence-electron chi connectivity index (χ4n) is 1.67. The van der Waals surface area contributed by atoms with Crippen LogP contribution in [0.25, 0.3) is 0 Å². The lowest BCUT2D eigenvalue weighted by molar-refractivity contribution is 0.174. The van der Waals surface area contributed by atoms with Gasteiger partial charge in [0.1, 0.15) is 0 Å². The number of amides is 2. The molecule has 0 aliphatic carbocycles. The lowest BCUT2D eigenvalue weighted by atomic mass is 9.87. The fourth-order valence-corrected chi connectivity index (χ4v) is 1.67. The summed E-state index contributed by atoms with van der Waals surface area (Å²) in [6, 6.07) is 0.215. The summed E-state index contributed by atoms with van der Waals surface area (Å²) in [6.07, 6.45) is 0. The zero-order valence-electron chi connectivity index (χ0n) is 10.1. The van der Waals surface area contributed by atoms with Crippen molar-refractivity contribution in [3.05, 3.63) is 0 Å². The van der Waals surface area contributed by atoms with Crippen molar-refractivity contribution >= 4 is 6.03 Å². The first kappa shape index (κ1) is 12.3. The molecule has 5 heteroatoms. The SMILES string of the molecule is CN1CCN(C[C@@H](NN)C(C)(C)C)C1=O. The Morgan fingerprint density at radius 3 is 2.40 bits per heavy atom. The van der Waals surface area contributed by atoms with Gasteiger partial charge in [0, 0.05) is 32.7 Å². The molecule has 0 bridgehead atoms. The number of hydrogen-bond acceptors (Lipinski definition) is 3. The van der Waals surface area contributed by atoms with Crippen LogP contribution in [0.3, 0.4) is 0 Å². The maximum absolute atomic E-state index is 11.7. The Morgan fingerprint density at radius 2 is 2.07 bits per heavy atom. The van der Waals surface area contributed by atoms with Crippen LogP contribution in [0.15, 0.2) is 0 Å². The Kier molecular flexibility index (Phi) is 3.57. The predicted molar refractivity (Wildman–Crippen MR) is 60.2 cm³/mol. The van der Waals surface area contributed by atoms with E-state index in [2.05, 4.69) is 26.2 Å². The molecule has 0 radical (unpaired) electrons. The topological polar surface area (TPSA) is 61.6 Å². The van der Waals surface area contributed by atoms with Crippen LogP contribution in [0.4, 0.5) is 4.79 Å². The molecular weight excluding hydrogens is 192 g/mol. The van der Waals surface area contributed by atoms with Crippen molar-refractivity contribution in [2.45, 2.75) is 26.8 Å². The van der Waals surface area contributed by atoms with E-state index in [1.54, 1.807) is 4.90 Å². The third-order valence-corrected chi connectivity index (χ3v) is 2.95. The standard InChI is InChI=1S/C10H22N4O/c1-10(2,3)8(12-11)7-14-6-5-13(4)9(14)15/h8,12H,5-7,11H2,1-4H3/t8-/m1/s1. The molecule has 0 saturated carbocycles. The molecule has 1 atom stereocenters. The number of carbonyl (C=O) groups excluding carboxylic acids is 1. The highest BCUT2D eigenvalue weighted by atomic mass is 16.2. The molecule has 1 aliphatic rings. The molecule has 1 saturated heterocycles. The molecule has 0 spiro atoms. The van der Waals surface area contributed by atoms with Crippen molar-refractivity contribution < 1.29 is 4.79 Å². The van der Waals surface area contributed by atoms with E-state index >= 15 is 0 Å². The van der Waals surface area contributed by atoms with Gasteiger partial charge in [-0.05, 0) is 5.41 Å². The van der Waals surface area contributed by atoms with Gasteiger partial charge in [-0.1, -0.05) is 20.8 Å². The summed E-state index contributed by atoms with van der Waals surface area (Å²) in [5.74, 6) is 5.52. The number of hydrazine groups is 1. The largest absolute Gasteiger partial charge is 0.326 e. The molecule has 1 aliphatic heterocycles. The second-order valence-corrected chi connectivity index (χ2v) is 5.24. The van der Waals surface area contributed by atoms with E-state index in [-0.39, 0.29) is 17.5 Å². The number of hydrogen-bond donors (Lipinski definition) is 2. The van der Waals surface area contributed by atoms with Crippen molar-refractivity contribution in [1.29, 1.82) is 0 Å². The molecule has 2 amide bonds. The van der Waals surface area contributed by atoms with Crippen molar-refractivity contribution in [2.75, 3.05) is 26.7 Å². The number of likely N-dealkylation sites (N-methyl/N-ethyl adjacent to an activating group) is 1. The second kappa shape index (κ2) is 4.37. The molecular formula is C10H22N4O. The normalized spacial score (nSPS) is 19.9. The van der Waals surface area contributed by atoms with Crippen LogP contribution in [0.2, 0.25) is 0 Å². The van der Waals surface area contributed by atoms with Gasteiger partial charge in [0.25, 0.3) is 0 Å². The van der Waals surface area contributed by atoms with Gasteiger partial charge in [-0.15, -0.1) is 0 Å². The third kappa shape index (κ3) is 2.82. The van der Waals surface area contributed by atoms with E-state index in [9.17, 15) is 4.79 Å². The molecule has 5 nitrogen and oxygen atoms in total. The highest BCUT2D eigenvalue weighted by Gasteiger charge is 2.31. The maximum atomic E-state index is 11.7. The van der Waals surface area contributed by atoms with Gasteiger partial charge in [0.2, 0.25) is 0 Å². The van der Waals surface area contributed by atoms with E-state index < -0.39 is 0 Å². The van der Waals surface area contributed by atoms with Crippen molar-refractivity contribution in [3.8, 4) is 0 Å². The van der Waals surface area contributed by atoms with Crippen LogP contribution in [0.5, 0.6) is 0 Å². The first-order valence-electron chi connectivity index (χ1n) is 5.32. The van der Waals surface area contributed by atoms with Gasteiger partial charge < -0.3 is 9.80 Å². The Balaban J connectivity index is 2.57. The van der Waals surface area contributed by atoms with E-state index in [1.807, 2.05) is 11.9 Å². The second-order valence-electron chi connectivity index (χ2n) is 5.24. The van der Waals surface area contributed by atoms with Gasteiger partial charge in [0.15, 0.2) is 0 Å². The first-order chi connectivity index (χ1) is 6.86. The lowest BCUT2D eigenvalue weighted by Gasteiger charge is -2.33. The van der Waals surface area contributed by atoms with Crippen molar-refractivity contribution in [3.63, 3.8) is 0 Å². The van der Waals surface area contributed by atoms with Crippen LogP contribution in [0, 0.1) is 5.41 Å². The maximum Gasteiger partial charge on any atom is 0.319 e. The molecule has 0 aromatic rings. The molecule has 88 valence electrons. The Labute approximate surface area is 91.6 Å². The van der Waals surface area contributed by atoms with Crippen molar-refractivity contribution in [2.24, 2.45) is 11.3 Å². The molecule has 1 rings (SSSR count). The van der Waals surface area contributed by atoms with E-state index in [1.165, 1.54) is 0 Å². The summed E-state index contributed by atoms with van der Waals surface area (Å²) in [6.45, 7) is 8.61. The number of urea groups is 1. The van der Waals surface area contributed by atoms with Gasteiger partial charge in [-0.3, -0.25) is 11.3 Å². The minimum Gasteiger partial charge on any atom is -0.326 e. The summed E-state index contributed by atoms with van der Waals surface area (Å²) < 4.78 is 0. The van der Waals surface area contributed by atoms with E-state index in [4.69, 9.17) is 5.84 Å². The van der Waals surface area contributed by atoms with Crippen LogP contribution >= 0.6 is 0 Å². The smallest absolute Gasteiger partial charge is 0.319 e. The molecule has 0 aromatic heterocycles. The average Bonchev–Trinajstić information content (AvgIpc) is 2.43. The number of rotatable bonds is 3. The van der Waals surface area contributed by atoms with Crippen molar-refractivity contribution in [1.82, 2.24) is 15.2 Å². The zero-order valence-corrected chi connectivity index (χ0v) is 10.1. The highest BCUT2D eigenvalue weighted by Crippen LogP contribution is 2.20. The van der Waals surface area contributed by atoms with Gasteiger partial charge in [-0.25, -0.2) is 4.79 Å². The molecule has 0 unspecified atom stereocenters. The molecule has 15 heavy (non-hydrogen) atoms. The highest BCUT2D eigenvalue weighted by molar-refractivity contribution is 5.76. The summed E-state index contributed by atoms with van der Waals surface area (Å²) >= 11 is 0. The number of nitrogens with one attached hydrogen (secondary N) is 1. The predicted octanol–water partition coefficient (Wildman–Crippen LogP) is 0.232. The van der Waals surface area contributed by atoms with Crippen LogP contribution in [0.1, 0.15) is 20.8 Å². The first-order valence-corrected chi connectivity index (χ1v) is 5.32. The van der Waals surface area contributed by atoms with Gasteiger partial charge in [0.05, 0.1) is 0 Å². The summed E-state index contributed by atoms with van der Waals surface area (Å²) in [5, 5.41) is 0.